The van der Waals surface area contributed by atoms with Crippen molar-refractivity contribution in [3.8, 4) is 0 Å². The molecule has 1 heterocycles. The van der Waals surface area contributed by atoms with Crippen LogP contribution in [0.25, 0.3) is 0 Å². The quantitative estimate of drug-likeness (QED) is 0.898. The lowest BCUT2D eigenvalue weighted by Gasteiger charge is -2.40. The van der Waals surface area contributed by atoms with Crippen molar-refractivity contribution in [2.75, 3.05) is 18.1 Å². The zero-order valence-electron chi connectivity index (χ0n) is 13.0. The van der Waals surface area contributed by atoms with Gasteiger partial charge in [-0.1, -0.05) is 26.0 Å². The van der Waals surface area contributed by atoms with Crippen LogP contribution < -0.4 is 10.6 Å². The second-order valence-corrected chi connectivity index (χ2v) is 5.90. The van der Waals surface area contributed by atoms with Crippen LogP contribution in [0.5, 0.6) is 0 Å². The molecule has 0 bridgehead atoms. The van der Waals surface area contributed by atoms with E-state index in [9.17, 15) is 0 Å². The molecule has 1 fully saturated rings. The Morgan fingerprint density at radius 2 is 2.00 bits per heavy atom. The number of anilines is 1. The molecule has 2 N–H and O–H groups in total. The van der Waals surface area contributed by atoms with Gasteiger partial charge in [0.25, 0.3) is 0 Å². The van der Waals surface area contributed by atoms with Crippen molar-refractivity contribution in [1.82, 2.24) is 0 Å². The van der Waals surface area contributed by atoms with Crippen LogP contribution in [0.15, 0.2) is 24.3 Å². The summed E-state index contributed by atoms with van der Waals surface area (Å²) in [4.78, 5) is 2.48. The molecule has 20 heavy (non-hydrogen) atoms. The van der Waals surface area contributed by atoms with E-state index in [1.165, 1.54) is 11.3 Å². The van der Waals surface area contributed by atoms with Crippen LogP contribution in [-0.2, 0) is 11.2 Å². The Balaban J connectivity index is 2.07. The maximum atomic E-state index is 6.02. The Hall–Kier alpha value is -1.06. The molecule has 112 valence electrons. The summed E-state index contributed by atoms with van der Waals surface area (Å²) in [7, 11) is 0. The average molecular weight is 276 g/mol. The second-order valence-electron chi connectivity index (χ2n) is 5.90. The summed E-state index contributed by atoms with van der Waals surface area (Å²) in [6, 6.07) is 9.68. The van der Waals surface area contributed by atoms with Gasteiger partial charge in [0.1, 0.15) is 0 Å². The van der Waals surface area contributed by atoms with E-state index >= 15 is 0 Å². The predicted molar refractivity (Wildman–Crippen MR) is 85.3 cm³/mol. The van der Waals surface area contributed by atoms with Gasteiger partial charge in [-0.3, -0.25) is 0 Å². The number of ether oxygens (including phenoxy) is 1. The molecule has 3 heteroatoms. The second kappa shape index (κ2) is 7.09. The van der Waals surface area contributed by atoms with E-state index in [1.54, 1.807) is 0 Å². The molecular formula is C17H28N2O. The highest BCUT2D eigenvalue weighted by Gasteiger charge is 2.25. The van der Waals surface area contributed by atoms with Crippen molar-refractivity contribution in [3.05, 3.63) is 29.8 Å². The summed E-state index contributed by atoms with van der Waals surface area (Å²) in [5.74, 6) is 0. The first-order valence-electron chi connectivity index (χ1n) is 7.86. The average Bonchev–Trinajstić information content (AvgIpc) is 2.48. The smallest absolute Gasteiger partial charge is 0.0723 e. The van der Waals surface area contributed by atoms with Crippen molar-refractivity contribution < 1.29 is 4.74 Å². The van der Waals surface area contributed by atoms with E-state index in [-0.39, 0.29) is 6.04 Å². The molecule has 2 rings (SSSR count). The molecule has 0 spiro atoms. The van der Waals surface area contributed by atoms with E-state index in [1.807, 2.05) is 0 Å². The van der Waals surface area contributed by atoms with Gasteiger partial charge in [0.15, 0.2) is 0 Å². The Morgan fingerprint density at radius 3 is 2.60 bits per heavy atom. The molecule has 0 amide bonds. The molecule has 0 radical (unpaired) electrons. The molecular weight excluding hydrogens is 248 g/mol. The number of hydrogen-bond acceptors (Lipinski definition) is 3. The van der Waals surface area contributed by atoms with Crippen LogP contribution in [0.2, 0.25) is 0 Å². The van der Waals surface area contributed by atoms with Crippen molar-refractivity contribution in [2.24, 2.45) is 5.73 Å². The molecule has 0 aromatic heterocycles. The third-order valence-electron chi connectivity index (χ3n) is 4.23. The van der Waals surface area contributed by atoms with Gasteiger partial charge in [0.2, 0.25) is 0 Å². The summed E-state index contributed by atoms with van der Waals surface area (Å²) in [5, 5.41) is 0. The Kier molecular flexibility index (Phi) is 5.44. The fourth-order valence-electron chi connectivity index (χ4n) is 2.77. The SMILES string of the molecule is CCC(N)Cc1ccc(N2CC(C)OCC2CC)cc1. The first-order chi connectivity index (χ1) is 9.63. The molecule has 3 nitrogen and oxygen atoms in total. The molecule has 0 saturated carbocycles. The largest absolute Gasteiger partial charge is 0.375 e. The highest BCUT2D eigenvalue weighted by Crippen LogP contribution is 2.24. The van der Waals surface area contributed by atoms with Gasteiger partial charge in [-0.15, -0.1) is 0 Å². The first-order valence-corrected chi connectivity index (χ1v) is 7.86. The maximum Gasteiger partial charge on any atom is 0.0723 e. The standard InChI is InChI=1S/C17H28N2O/c1-4-15(18)10-14-6-8-17(9-7-14)19-11-13(3)20-12-16(19)5-2/h6-9,13,15-16H,4-5,10-12,18H2,1-3H3. The number of morpholine rings is 1. The van der Waals surface area contributed by atoms with Crippen molar-refractivity contribution in [1.29, 1.82) is 0 Å². The minimum Gasteiger partial charge on any atom is -0.375 e. The minimum atomic E-state index is 0.271. The lowest BCUT2D eigenvalue weighted by Crippen LogP contribution is -2.48. The fraction of sp³-hybridized carbons (Fsp3) is 0.647. The summed E-state index contributed by atoms with van der Waals surface area (Å²) in [6.07, 6.45) is 3.43. The Morgan fingerprint density at radius 1 is 1.30 bits per heavy atom. The molecule has 1 aliphatic heterocycles. The zero-order chi connectivity index (χ0) is 14.5. The van der Waals surface area contributed by atoms with Crippen molar-refractivity contribution in [2.45, 2.75) is 58.2 Å². The first kappa shape index (κ1) is 15.3. The van der Waals surface area contributed by atoms with Crippen molar-refractivity contribution in [3.63, 3.8) is 0 Å². The normalized spacial score (nSPS) is 24.7. The van der Waals surface area contributed by atoms with Crippen LogP contribution in [-0.4, -0.2) is 31.3 Å². The number of benzene rings is 1. The Labute approximate surface area is 123 Å². The van der Waals surface area contributed by atoms with Crippen LogP contribution >= 0.6 is 0 Å². The van der Waals surface area contributed by atoms with Gasteiger partial charge in [-0.2, -0.15) is 0 Å². The number of nitrogens with zero attached hydrogens (tertiary/aromatic N) is 1. The van der Waals surface area contributed by atoms with Crippen molar-refractivity contribution >= 4 is 5.69 Å². The summed E-state index contributed by atoms with van der Waals surface area (Å²) in [6.45, 7) is 8.33. The monoisotopic (exact) mass is 276 g/mol. The molecule has 3 unspecified atom stereocenters. The number of hydrogen-bond donors (Lipinski definition) is 1. The van der Waals surface area contributed by atoms with Gasteiger partial charge < -0.3 is 15.4 Å². The summed E-state index contributed by atoms with van der Waals surface area (Å²) >= 11 is 0. The predicted octanol–water partition coefficient (Wildman–Crippen LogP) is 2.97. The number of rotatable bonds is 5. The van der Waals surface area contributed by atoms with Gasteiger partial charge in [0.05, 0.1) is 18.8 Å². The van der Waals surface area contributed by atoms with Crippen LogP contribution in [0, 0.1) is 0 Å². The van der Waals surface area contributed by atoms with E-state index in [4.69, 9.17) is 10.5 Å². The molecule has 1 aromatic carbocycles. The molecule has 1 aliphatic rings. The van der Waals surface area contributed by atoms with Crippen LogP contribution in [0.1, 0.15) is 39.2 Å². The Bertz CT molecular complexity index is 404. The third-order valence-corrected chi connectivity index (χ3v) is 4.23. The van der Waals surface area contributed by atoms with E-state index < -0.39 is 0 Å². The summed E-state index contributed by atoms with van der Waals surface area (Å²) in [5.41, 5.74) is 8.66. The topological polar surface area (TPSA) is 38.5 Å². The lowest BCUT2D eigenvalue weighted by atomic mass is 10.0. The van der Waals surface area contributed by atoms with Gasteiger partial charge in [-0.05, 0) is 43.9 Å². The van der Waals surface area contributed by atoms with Gasteiger partial charge in [0, 0.05) is 18.3 Å². The highest BCUT2D eigenvalue weighted by atomic mass is 16.5. The van der Waals surface area contributed by atoms with Crippen LogP contribution in [0.4, 0.5) is 5.69 Å². The molecule has 1 saturated heterocycles. The zero-order valence-corrected chi connectivity index (χ0v) is 13.0. The molecule has 1 aromatic rings. The highest BCUT2D eigenvalue weighted by molar-refractivity contribution is 5.49. The lowest BCUT2D eigenvalue weighted by molar-refractivity contribution is 0.0299. The number of nitrogens with two attached hydrogens (primary N) is 1. The fourth-order valence-corrected chi connectivity index (χ4v) is 2.77. The van der Waals surface area contributed by atoms with E-state index in [0.717, 1.165) is 32.4 Å². The molecule has 0 aliphatic carbocycles. The van der Waals surface area contributed by atoms with Gasteiger partial charge in [-0.25, -0.2) is 0 Å². The van der Waals surface area contributed by atoms with Gasteiger partial charge >= 0.3 is 0 Å². The third kappa shape index (κ3) is 3.74. The molecule has 3 atom stereocenters. The van der Waals surface area contributed by atoms with E-state index in [2.05, 4.69) is 49.9 Å². The summed E-state index contributed by atoms with van der Waals surface area (Å²) < 4.78 is 5.77. The minimum absolute atomic E-state index is 0.271. The van der Waals surface area contributed by atoms with E-state index in [0.29, 0.717) is 12.1 Å². The maximum absolute atomic E-state index is 6.02. The van der Waals surface area contributed by atoms with Crippen LogP contribution in [0.3, 0.4) is 0 Å².